The second-order valence-electron chi connectivity index (χ2n) is 19.4. The summed E-state index contributed by atoms with van der Waals surface area (Å²) in [6.45, 7) is 2.79. The fraction of sp³-hybridized carbons (Fsp3) is 0.906. The largest absolute Gasteiger partial charge is 0.394 e. The molecule has 2 aliphatic heterocycles. The number of carbonyl (C=O) groups excluding carboxylic acids is 1. The molecular weight excluding hydrogens is 859 g/mol. The van der Waals surface area contributed by atoms with Crippen LogP contribution in [0.1, 0.15) is 213 Å². The standard InChI is InChI=1S/C53H99NO13/c1-3-5-7-9-11-13-15-17-19-21-23-25-27-29-31-33-35-37-45(58)54-41(42(57)36-34-32-30-28-26-24-22-20-18-16-14-12-10-8-6-4-2)40-64-52-50(63)48(61)51(44(39-56)66-52)67-53-49(62)47(60)46(59)43(38-55)65-53/h17,19,34,36,41-44,46-53,55-57,59-63H,3-16,18,20-33,35,37-40H2,1-2H3,(H,54,58)/b19-17-,36-34+. The van der Waals surface area contributed by atoms with Crippen molar-refractivity contribution in [2.45, 2.75) is 286 Å². The molecule has 0 aromatic carbocycles. The van der Waals surface area contributed by atoms with E-state index in [-0.39, 0.29) is 18.9 Å². The van der Waals surface area contributed by atoms with Gasteiger partial charge in [-0.2, -0.15) is 0 Å². The Morgan fingerprint density at radius 3 is 1.42 bits per heavy atom. The Labute approximate surface area is 405 Å². The fourth-order valence-corrected chi connectivity index (χ4v) is 8.93. The van der Waals surface area contributed by atoms with Gasteiger partial charge in [0.25, 0.3) is 0 Å². The van der Waals surface area contributed by atoms with E-state index in [1.165, 1.54) is 141 Å². The molecule has 2 fully saturated rings. The lowest BCUT2D eigenvalue weighted by Crippen LogP contribution is -2.65. The molecule has 12 atom stereocenters. The number of amides is 1. The van der Waals surface area contributed by atoms with E-state index in [0.29, 0.717) is 6.42 Å². The summed E-state index contributed by atoms with van der Waals surface area (Å²) >= 11 is 0. The second-order valence-corrected chi connectivity index (χ2v) is 19.4. The van der Waals surface area contributed by atoms with Crippen LogP contribution in [0.5, 0.6) is 0 Å². The molecule has 0 aliphatic carbocycles. The predicted molar refractivity (Wildman–Crippen MR) is 263 cm³/mol. The van der Waals surface area contributed by atoms with E-state index in [1.54, 1.807) is 6.08 Å². The molecule has 2 aliphatic rings. The van der Waals surface area contributed by atoms with E-state index in [2.05, 4.69) is 31.3 Å². The first kappa shape index (κ1) is 61.6. The average Bonchev–Trinajstić information content (AvgIpc) is 3.32. The molecule has 2 rings (SSSR count). The van der Waals surface area contributed by atoms with Gasteiger partial charge in [0.05, 0.1) is 32.0 Å². The molecule has 9 N–H and O–H groups in total. The number of hydrogen-bond donors (Lipinski definition) is 9. The highest BCUT2D eigenvalue weighted by Gasteiger charge is 2.51. The van der Waals surface area contributed by atoms with E-state index in [9.17, 15) is 45.6 Å². The Hall–Kier alpha value is -1.53. The predicted octanol–water partition coefficient (Wildman–Crippen LogP) is 7.72. The number of ether oxygens (including phenoxy) is 4. The van der Waals surface area contributed by atoms with E-state index in [0.717, 1.165) is 44.9 Å². The van der Waals surface area contributed by atoms with Gasteiger partial charge in [-0.15, -0.1) is 0 Å². The number of aliphatic hydroxyl groups excluding tert-OH is 8. The van der Waals surface area contributed by atoms with Crippen LogP contribution in [0.3, 0.4) is 0 Å². The van der Waals surface area contributed by atoms with Gasteiger partial charge in [-0.25, -0.2) is 0 Å². The summed E-state index contributed by atoms with van der Waals surface area (Å²) in [5.41, 5.74) is 0. The van der Waals surface area contributed by atoms with Gasteiger partial charge in [0.1, 0.15) is 48.8 Å². The number of hydrogen-bond acceptors (Lipinski definition) is 13. The number of nitrogens with one attached hydrogen (secondary N) is 1. The molecule has 0 aromatic heterocycles. The minimum absolute atomic E-state index is 0.243. The van der Waals surface area contributed by atoms with Crippen molar-refractivity contribution in [3.05, 3.63) is 24.3 Å². The summed E-state index contributed by atoms with van der Waals surface area (Å²) in [5, 5.41) is 86.8. The lowest BCUT2D eigenvalue weighted by atomic mass is 9.97. The van der Waals surface area contributed by atoms with Crippen LogP contribution in [0.2, 0.25) is 0 Å². The first-order chi connectivity index (χ1) is 32.6. The molecule has 14 heteroatoms. The topological polar surface area (TPSA) is 228 Å². The quantitative estimate of drug-likeness (QED) is 0.0211. The zero-order valence-corrected chi connectivity index (χ0v) is 41.9. The molecule has 12 unspecified atom stereocenters. The highest BCUT2D eigenvalue weighted by molar-refractivity contribution is 5.76. The van der Waals surface area contributed by atoms with E-state index < -0.39 is 86.8 Å². The van der Waals surface area contributed by atoms with Gasteiger partial charge in [-0.05, 0) is 44.9 Å². The van der Waals surface area contributed by atoms with Gasteiger partial charge in [-0.1, -0.05) is 186 Å². The van der Waals surface area contributed by atoms with Gasteiger partial charge in [0, 0.05) is 6.42 Å². The highest BCUT2D eigenvalue weighted by atomic mass is 16.7. The molecular formula is C53H99NO13. The fourth-order valence-electron chi connectivity index (χ4n) is 8.93. The molecule has 2 saturated heterocycles. The van der Waals surface area contributed by atoms with Crippen LogP contribution in [-0.2, 0) is 23.7 Å². The van der Waals surface area contributed by atoms with Crippen molar-refractivity contribution in [3.8, 4) is 0 Å². The van der Waals surface area contributed by atoms with Crippen molar-refractivity contribution >= 4 is 5.91 Å². The highest BCUT2D eigenvalue weighted by Crippen LogP contribution is 2.30. The molecule has 394 valence electrons. The molecule has 0 bridgehead atoms. The average molecular weight is 958 g/mol. The number of unbranched alkanes of at least 4 members (excludes halogenated alkanes) is 27. The first-order valence-electron chi connectivity index (χ1n) is 27.1. The summed E-state index contributed by atoms with van der Waals surface area (Å²) in [6.07, 6.45) is 27.8. The summed E-state index contributed by atoms with van der Waals surface area (Å²) in [7, 11) is 0. The molecule has 0 radical (unpaired) electrons. The number of carbonyl (C=O) groups is 1. The lowest BCUT2D eigenvalue weighted by Gasteiger charge is -2.46. The van der Waals surface area contributed by atoms with Crippen molar-refractivity contribution in [3.63, 3.8) is 0 Å². The molecule has 1 amide bonds. The summed E-state index contributed by atoms with van der Waals surface area (Å²) in [4.78, 5) is 13.2. The van der Waals surface area contributed by atoms with Crippen molar-refractivity contribution < 1.29 is 64.6 Å². The zero-order chi connectivity index (χ0) is 48.9. The van der Waals surface area contributed by atoms with Crippen molar-refractivity contribution in [2.24, 2.45) is 0 Å². The van der Waals surface area contributed by atoms with Crippen LogP contribution in [-0.4, -0.2) is 140 Å². The van der Waals surface area contributed by atoms with Gasteiger partial charge in [0.2, 0.25) is 5.91 Å². The second kappa shape index (κ2) is 40.1. The van der Waals surface area contributed by atoms with Gasteiger partial charge in [-0.3, -0.25) is 4.79 Å². The Morgan fingerprint density at radius 2 is 0.940 bits per heavy atom. The molecule has 0 aromatic rings. The Morgan fingerprint density at radius 1 is 0.522 bits per heavy atom. The molecule has 0 saturated carbocycles. The third-order valence-electron chi connectivity index (χ3n) is 13.4. The smallest absolute Gasteiger partial charge is 0.220 e. The minimum Gasteiger partial charge on any atom is -0.394 e. The van der Waals surface area contributed by atoms with E-state index in [4.69, 9.17) is 18.9 Å². The Balaban J connectivity index is 1.83. The zero-order valence-electron chi connectivity index (χ0n) is 41.9. The third kappa shape index (κ3) is 27.0. The van der Waals surface area contributed by atoms with Crippen LogP contribution in [0, 0.1) is 0 Å². The number of aliphatic hydroxyl groups is 8. The van der Waals surface area contributed by atoms with Crippen LogP contribution >= 0.6 is 0 Å². The molecule has 14 nitrogen and oxygen atoms in total. The Bertz CT molecular complexity index is 1220. The van der Waals surface area contributed by atoms with Crippen LogP contribution in [0.25, 0.3) is 0 Å². The maximum Gasteiger partial charge on any atom is 0.220 e. The Kier molecular flexibility index (Phi) is 36.9. The van der Waals surface area contributed by atoms with Crippen molar-refractivity contribution in [1.29, 1.82) is 0 Å². The molecule has 0 spiro atoms. The van der Waals surface area contributed by atoms with Gasteiger partial charge >= 0.3 is 0 Å². The maximum atomic E-state index is 13.2. The normalized spacial score (nSPS) is 26.7. The SMILES string of the molecule is CCCCCCCC/C=C\CCCCCCCCCC(=O)NC(COC1OC(CO)C(OC2OC(CO)C(O)C(O)C2O)C(O)C1O)C(O)/C=C/CCCCCCCCCCCCCCCC. The first-order valence-corrected chi connectivity index (χ1v) is 27.1. The molecule has 67 heavy (non-hydrogen) atoms. The third-order valence-corrected chi connectivity index (χ3v) is 13.4. The van der Waals surface area contributed by atoms with Crippen molar-refractivity contribution in [1.82, 2.24) is 5.32 Å². The summed E-state index contributed by atoms with van der Waals surface area (Å²) in [5.74, 6) is -0.243. The summed E-state index contributed by atoms with van der Waals surface area (Å²) < 4.78 is 22.7. The van der Waals surface area contributed by atoms with Gasteiger partial charge in [0.15, 0.2) is 12.6 Å². The van der Waals surface area contributed by atoms with Gasteiger partial charge < -0.3 is 65.1 Å². The van der Waals surface area contributed by atoms with Crippen LogP contribution in [0.4, 0.5) is 0 Å². The molecule has 2 heterocycles. The van der Waals surface area contributed by atoms with E-state index >= 15 is 0 Å². The van der Waals surface area contributed by atoms with Crippen LogP contribution < -0.4 is 5.32 Å². The number of allylic oxidation sites excluding steroid dienone is 3. The minimum atomic E-state index is -1.79. The van der Waals surface area contributed by atoms with Crippen molar-refractivity contribution in [2.75, 3.05) is 19.8 Å². The monoisotopic (exact) mass is 958 g/mol. The van der Waals surface area contributed by atoms with E-state index in [1.807, 2.05) is 6.08 Å². The number of rotatable bonds is 42. The summed E-state index contributed by atoms with van der Waals surface area (Å²) in [6, 6.07) is -0.913. The lowest BCUT2D eigenvalue weighted by molar-refractivity contribution is -0.359. The maximum absolute atomic E-state index is 13.2. The van der Waals surface area contributed by atoms with Crippen LogP contribution in [0.15, 0.2) is 24.3 Å².